The van der Waals surface area contributed by atoms with Crippen LogP contribution in [-0.2, 0) is 17.6 Å². The number of nitrogens with one attached hydrogen (secondary N) is 1. The Morgan fingerprint density at radius 1 is 1.11 bits per heavy atom. The maximum Gasteiger partial charge on any atom is 0.324 e. The van der Waals surface area contributed by atoms with Gasteiger partial charge in [-0.2, -0.15) is 4.98 Å². The molecule has 0 spiro atoms. The smallest absolute Gasteiger partial charge is 0.324 e. The fraction of sp³-hybridized carbons (Fsp3) is 0.444. The SMILES string of the molecule is COc1ccc(-c2noc(N3CCC(C(=O)NCC4(N(C)C)Cc5ccccc5C4)CC3)n2)cc1. The second-order valence-corrected chi connectivity index (χ2v) is 9.85. The third-order valence-electron chi connectivity index (χ3n) is 7.60. The van der Waals surface area contributed by atoms with Gasteiger partial charge in [0, 0.05) is 36.7 Å². The number of nitrogens with zero attached hydrogens (tertiary/aromatic N) is 4. The molecule has 2 aliphatic rings. The van der Waals surface area contributed by atoms with E-state index in [1.165, 1.54) is 11.1 Å². The molecule has 0 unspecified atom stereocenters. The Morgan fingerprint density at radius 2 is 1.77 bits per heavy atom. The largest absolute Gasteiger partial charge is 0.497 e. The number of aromatic nitrogens is 2. The van der Waals surface area contributed by atoms with Crippen LogP contribution >= 0.6 is 0 Å². The summed E-state index contributed by atoms with van der Waals surface area (Å²) in [5.41, 5.74) is 3.58. The number of fused-ring (bicyclic) bond motifs is 1. The lowest BCUT2D eigenvalue weighted by Gasteiger charge is -2.37. The standard InChI is InChI=1S/C27H33N5O3/c1-31(2)27(16-21-6-4-5-7-22(21)17-27)18-28-25(33)20-12-14-32(15-13-20)26-29-24(30-35-26)19-8-10-23(34-3)11-9-19/h4-11,20H,12-18H2,1-3H3,(H,28,33). The van der Waals surface area contributed by atoms with Crippen molar-refractivity contribution in [1.29, 1.82) is 0 Å². The van der Waals surface area contributed by atoms with Gasteiger partial charge < -0.3 is 24.4 Å². The van der Waals surface area contributed by atoms with Crippen molar-refractivity contribution in [2.75, 3.05) is 45.7 Å². The van der Waals surface area contributed by atoms with E-state index in [-0.39, 0.29) is 17.4 Å². The van der Waals surface area contributed by atoms with E-state index in [0.717, 1.165) is 37.0 Å². The molecule has 1 aromatic heterocycles. The molecule has 0 bridgehead atoms. The van der Waals surface area contributed by atoms with E-state index in [4.69, 9.17) is 9.26 Å². The molecular formula is C27H33N5O3. The fourth-order valence-corrected chi connectivity index (χ4v) is 5.20. The van der Waals surface area contributed by atoms with Crippen molar-refractivity contribution in [2.45, 2.75) is 31.2 Å². The van der Waals surface area contributed by atoms with Gasteiger partial charge in [-0.25, -0.2) is 0 Å². The Morgan fingerprint density at radius 3 is 2.37 bits per heavy atom. The summed E-state index contributed by atoms with van der Waals surface area (Å²) < 4.78 is 10.7. The number of ether oxygens (including phenoxy) is 1. The van der Waals surface area contributed by atoms with Crippen LogP contribution in [0.25, 0.3) is 11.4 Å². The van der Waals surface area contributed by atoms with Crippen LogP contribution in [0.5, 0.6) is 5.75 Å². The van der Waals surface area contributed by atoms with Crippen molar-refractivity contribution < 1.29 is 14.1 Å². The van der Waals surface area contributed by atoms with Crippen molar-refractivity contribution >= 4 is 11.9 Å². The Labute approximate surface area is 206 Å². The molecule has 0 atom stereocenters. The van der Waals surface area contributed by atoms with Crippen molar-refractivity contribution in [3.63, 3.8) is 0 Å². The molecule has 1 N–H and O–H groups in total. The highest BCUT2D eigenvalue weighted by Crippen LogP contribution is 2.33. The van der Waals surface area contributed by atoms with Gasteiger partial charge in [0.25, 0.3) is 0 Å². The Bertz CT molecular complexity index is 1140. The van der Waals surface area contributed by atoms with Gasteiger partial charge in [-0.1, -0.05) is 29.4 Å². The molecule has 2 heterocycles. The molecular weight excluding hydrogens is 442 g/mol. The lowest BCUT2D eigenvalue weighted by molar-refractivity contribution is -0.126. The van der Waals surface area contributed by atoms with Crippen molar-refractivity contribution in [2.24, 2.45) is 5.92 Å². The number of benzene rings is 2. The molecule has 1 aliphatic carbocycles. The number of likely N-dealkylation sites (N-methyl/N-ethyl adjacent to an activating group) is 1. The quantitative estimate of drug-likeness (QED) is 0.562. The number of hydrogen-bond donors (Lipinski definition) is 1. The normalized spacial score (nSPS) is 17.4. The summed E-state index contributed by atoms with van der Waals surface area (Å²) in [4.78, 5) is 22.0. The predicted octanol–water partition coefficient (Wildman–Crippen LogP) is 3.18. The third-order valence-corrected chi connectivity index (χ3v) is 7.60. The van der Waals surface area contributed by atoms with Crippen molar-refractivity contribution in [1.82, 2.24) is 20.4 Å². The second-order valence-electron chi connectivity index (χ2n) is 9.85. The minimum absolute atomic E-state index is 0.00165. The number of piperidine rings is 1. The van der Waals surface area contributed by atoms with E-state index < -0.39 is 0 Å². The van der Waals surface area contributed by atoms with E-state index in [9.17, 15) is 4.79 Å². The zero-order chi connectivity index (χ0) is 24.4. The first-order valence-corrected chi connectivity index (χ1v) is 12.2. The van der Waals surface area contributed by atoms with Gasteiger partial charge >= 0.3 is 6.01 Å². The minimum Gasteiger partial charge on any atom is -0.497 e. The molecule has 184 valence electrons. The van der Waals surface area contributed by atoms with Crippen LogP contribution in [0, 0.1) is 5.92 Å². The zero-order valence-corrected chi connectivity index (χ0v) is 20.7. The minimum atomic E-state index is -0.0678. The molecule has 1 fully saturated rings. The summed E-state index contributed by atoms with van der Waals surface area (Å²) in [6.45, 7) is 2.09. The number of anilines is 1. The molecule has 0 saturated carbocycles. The maximum atomic E-state index is 13.1. The van der Waals surface area contributed by atoms with Crippen LogP contribution in [0.2, 0.25) is 0 Å². The van der Waals surface area contributed by atoms with E-state index in [0.29, 0.717) is 31.5 Å². The summed E-state index contributed by atoms with van der Waals surface area (Å²) in [6, 6.07) is 16.7. The maximum absolute atomic E-state index is 13.1. The zero-order valence-electron chi connectivity index (χ0n) is 20.7. The molecule has 1 aliphatic heterocycles. The van der Waals surface area contributed by atoms with Crippen LogP contribution in [-0.4, -0.2) is 67.3 Å². The molecule has 1 amide bonds. The molecule has 1 saturated heterocycles. The lowest BCUT2D eigenvalue weighted by atomic mass is 9.92. The summed E-state index contributed by atoms with van der Waals surface area (Å²) in [6.07, 6.45) is 3.45. The lowest BCUT2D eigenvalue weighted by Crippen LogP contribution is -2.54. The number of carbonyl (C=O) groups excluding carboxylic acids is 1. The summed E-state index contributed by atoms with van der Waals surface area (Å²) in [5, 5.41) is 7.41. The summed E-state index contributed by atoms with van der Waals surface area (Å²) in [5.74, 6) is 1.48. The average Bonchev–Trinajstić information content (AvgIpc) is 3.53. The molecule has 35 heavy (non-hydrogen) atoms. The highest BCUT2D eigenvalue weighted by Gasteiger charge is 2.40. The van der Waals surface area contributed by atoms with E-state index in [1.807, 2.05) is 24.3 Å². The number of hydrogen-bond acceptors (Lipinski definition) is 7. The first-order chi connectivity index (χ1) is 17.0. The molecule has 5 rings (SSSR count). The van der Waals surface area contributed by atoms with Gasteiger partial charge in [0.1, 0.15) is 5.75 Å². The van der Waals surface area contributed by atoms with E-state index in [2.05, 4.69) is 63.6 Å². The predicted molar refractivity (Wildman–Crippen MR) is 135 cm³/mol. The van der Waals surface area contributed by atoms with Crippen molar-refractivity contribution in [3.8, 4) is 17.1 Å². The first kappa shape index (κ1) is 23.4. The fourth-order valence-electron chi connectivity index (χ4n) is 5.20. The molecule has 8 nitrogen and oxygen atoms in total. The molecule has 8 heteroatoms. The third kappa shape index (κ3) is 4.75. The van der Waals surface area contributed by atoms with Gasteiger partial charge in [0.05, 0.1) is 7.11 Å². The van der Waals surface area contributed by atoms with Gasteiger partial charge in [-0.3, -0.25) is 4.79 Å². The summed E-state index contributed by atoms with van der Waals surface area (Å²) >= 11 is 0. The highest BCUT2D eigenvalue weighted by molar-refractivity contribution is 5.79. The van der Waals surface area contributed by atoms with Crippen LogP contribution in [0.15, 0.2) is 53.1 Å². The van der Waals surface area contributed by atoms with E-state index >= 15 is 0 Å². The molecule has 2 aromatic carbocycles. The monoisotopic (exact) mass is 475 g/mol. The van der Waals surface area contributed by atoms with Gasteiger partial charge in [-0.15, -0.1) is 0 Å². The van der Waals surface area contributed by atoms with Crippen LogP contribution in [0.4, 0.5) is 6.01 Å². The molecule has 0 radical (unpaired) electrons. The number of methoxy groups -OCH3 is 1. The van der Waals surface area contributed by atoms with Crippen molar-refractivity contribution in [3.05, 3.63) is 59.7 Å². The van der Waals surface area contributed by atoms with Gasteiger partial charge in [-0.05, 0) is 75.2 Å². The summed E-state index contributed by atoms with van der Waals surface area (Å²) in [7, 11) is 5.86. The number of carbonyl (C=O) groups is 1. The second kappa shape index (κ2) is 9.70. The van der Waals surface area contributed by atoms with Gasteiger partial charge in [0.2, 0.25) is 11.7 Å². The Hall–Kier alpha value is -3.39. The van der Waals surface area contributed by atoms with Crippen LogP contribution in [0.3, 0.4) is 0 Å². The first-order valence-electron chi connectivity index (χ1n) is 12.2. The highest BCUT2D eigenvalue weighted by atomic mass is 16.5. The Balaban J connectivity index is 1.15. The van der Waals surface area contributed by atoms with Gasteiger partial charge in [0.15, 0.2) is 0 Å². The average molecular weight is 476 g/mol. The van der Waals surface area contributed by atoms with E-state index in [1.54, 1.807) is 7.11 Å². The number of rotatable bonds is 7. The number of amides is 1. The molecule has 3 aromatic rings. The van der Waals surface area contributed by atoms with Crippen LogP contribution in [0.1, 0.15) is 24.0 Å². The Kier molecular flexibility index (Phi) is 6.47. The topological polar surface area (TPSA) is 83.7 Å². The van der Waals surface area contributed by atoms with Crippen LogP contribution < -0.4 is 15.0 Å².